The van der Waals surface area contributed by atoms with Crippen molar-refractivity contribution in [3.63, 3.8) is 0 Å². The van der Waals surface area contributed by atoms with E-state index in [-0.39, 0.29) is 0 Å². The summed E-state index contributed by atoms with van der Waals surface area (Å²) in [6.45, 7) is 1.95. The predicted octanol–water partition coefficient (Wildman–Crippen LogP) is 3.26. The van der Waals surface area contributed by atoms with Gasteiger partial charge < -0.3 is 0 Å². The molecular weight excluding hydrogens is 208 g/mol. The number of aromatic nitrogens is 1. The highest BCUT2D eigenvalue weighted by molar-refractivity contribution is 5.29. The number of rotatable bonds is 2. The first-order valence-electron chi connectivity index (χ1n) is 4.99. The summed E-state index contributed by atoms with van der Waals surface area (Å²) in [6, 6.07) is 5.44. The van der Waals surface area contributed by atoms with Crippen LogP contribution in [0.15, 0.2) is 36.7 Å². The molecule has 0 aliphatic carbocycles. The van der Waals surface area contributed by atoms with Crippen molar-refractivity contribution in [1.29, 1.82) is 0 Å². The Bertz CT molecular complexity index is 489. The molecule has 16 heavy (non-hydrogen) atoms. The highest BCUT2D eigenvalue weighted by atomic mass is 19.1. The standard InChI is InChI=1S/C13H11F2N/c1-9-2-3-16-8-11(9)4-10-5-12(14)7-13(15)6-10/h2-3,5-8H,4H2,1H3. The third-order valence-corrected chi connectivity index (χ3v) is 2.46. The summed E-state index contributed by atoms with van der Waals surface area (Å²) >= 11 is 0. The number of hydrogen-bond donors (Lipinski definition) is 0. The van der Waals surface area contributed by atoms with Crippen molar-refractivity contribution in [2.24, 2.45) is 0 Å². The van der Waals surface area contributed by atoms with Crippen LogP contribution in [0.1, 0.15) is 16.7 Å². The molecule has 1 aromatic heterocycles. The highest BCUT2D eigenvalue weighted by Crippen LogP contribution is 2.14. The minimum Gasteiger partial charge on any atom is -0.264 e. The second-order valence-corrected chi connectivity index (χ2v) is 3.76. The van der Waals surface area contributed by atoms with E-state index in [0.29, 0.717) is 12.0 Å². The Labute approximate surface area is 92.8 Å². The van der Waals surface area contributed by atoms with Gasteiger partial charge >= 0.3 is 0 Å². The minimum atomic E-state index is -0.545. The van der Waals surface area contributed by atoms with Crippen LogP contribution < -0.4 is 0 Å². The van der Waals surface area contributed by atoms with Crippen LogP contribution in [0, 0.1) is 18.6 Å². The number of halogens is 2. The summed E-state index contributed by atoms with van der Waals surface area (Å²) in [5, 5.41) is 0. The Kier molecular flexibility index (Phi) is 2.95. The van der Waals surface area contributed by atoms with Crippen LogP contribution in [-0.2, 0) is 6.42 Å². The van der Waals surface area contributed by atoms with E-state index < -0.39 is 11.6 Å². The van der Waals surface area contributed by atoms with Crippen LogP contribution in [0.4, 0.5) is 8.78 Å². The zero-order valence-corrected chi connectivity index (χ0v) is 8.87. The van der Waals surface area contributed by atoms with E-state index in [1.807, 2.05) is 13.0 Å². The lowest BCUT2D eigenvalue weighted by Gasteiger charge is -2.05. The van der Waals surface area contributed by atoms with Gasteiger partial charge in [-0.05, 0) is 48.2 Å². The molecule has 0 saturated carbocycles. The maximum absolute atomic E-state index is 13.0. The van der Waals surface area contributed by atoms with E-state index in [1.54, 1.807) is 12.4 Å². The van der Waals surface area contributed by atoms with Gasteiger partial charge in [-0.15, -0.1) is 0 Å². The SMILES string of the molecule is Cc1ccncc1Cc1cc(F)cc(F)c1. The lowest BCUT2D eigenvalue weighted by molar-refractivity contribution is 0.580. The van der Waals surface area contributed by atoms with E-state index >= 15 is 0 Å². The van der Waals surface area contributed by atoms with Crippen LogP contribution in [0.25, 0.3) is 0 Å². The molecule has 0 radical (unpaired) electrons. The van der Waals surface area contributed by atoms with E-state index in [2.05, 4.69) is 4.98 Å². The van der Waals surface area contributed by atoms with Gasteiger partial charge in [-0.2, -0.15) is 0 Å². The molecule has 0 bridgehead atoms. The van der Waals surface area contributed by atoms with Crippen LogP contribution in [0.2, 0.25) is 0 Å². The van der Waals surface area contributed by atoms with Crippen molar-refractivity contribution in [1.82, 2.24) is 4.98 Å². The van der Waals surface area contributed by atoms with Crippen LogP contribution in [0.3, 0.4) is 0 Å². The number of aryl methyl sites for hydroxylation is 1. The van der Waals surface area contributed by atoms with Crippen molar-refractivity contribution in [3.8, 4) is 0 Å². The van der Waals surface area contributed by atoms with Crippen molar-refractivity contribution in [2.45, 2.75) is 13.3 Å². The summed E-state index contributed by atoms with van der Waals surface area (Å²) in [5.41, 5.74) is 2.67. The third kappa shape index (κ3) is 2.42. The molecule has 1 aromatic carbocycles. The molecule has 0 spiro atoms. The molecule has 1 heterocycles. The van der Waals surface area contributed by atoms with Gasteiger partial charge in [-0.3, -0.25) is 4.98 Å². The molecule has 82 valence electrons. The predicted molar refractivity (Wildman–Crippen MR) is 58.1 cm³/mol. The van der Waals surface area contributed by atoms with E-state index in [4.69, 9.17) is 0 Å². The normalized spacial score (nSPS) is 10.4. The van der Waals surface area contributed by atoms with Gasteiger partial charge in [0, 0.05) is 18.5 Å². The number of pyridine rings is 1. The summed E-state index contributed by atoms with van der Waals surface area (Å²) in [7, 11) is 0. The van der Waals surface area contributed by atoms with Crippen molar-refractivity contribution in [2.75, 3.05) is 0 Å². The molecule has 1 nitrogen and oxygen atoms in total. The lowest BCUT2D eigenvalue weighted by Crippen LogP contribution is -1.94. The van der Waals surface area contributed by atoms with E-state index in [9.17, 15) is 8.78 Å². The second kappa shape index (κ2) is 4.39. The summed E-state index contributed by atoms with van der Waals surface area (Å²) in [5.74, 6) is -1.09. The fraction of sp³-hybridized carbons (Fsp3) is 0.154. The largest absolute Gasteiger partial charge is 0.264 e. The Morgan fingerprint density at radius 2 is 1.81 bits per heavy atom. The van der Waals surface area contributed by atoms with Crippen molar-refractivity contribution >= 4 is 0 Å². The van der Waals surface area contributed by atoms with Crippen LogP contribution in [-0.4, -0.2) is 4.98 Å². The lowest BCUT2D eigenvalue weighted by atomic mass is 10.0. The van der Waals surface area contributed by atoms with Gasteiger partial charge in [0.05, 0.1) is 0 Å². The second-order valence-electron chi connectivity index (χ2n) is 3.76. The highest BCUT2D eigenvalue weighted by Gasteiger charge is 2.03. The van der Waals surface area contributed by atoms with Gasteiger partial charge in [0.25, 0.3) is 0 Å². The first-order valence-corrected chi connectivity index (χ1v) is 4.99. The molecule has 0 N–H and O–H groups in total. The Morgan fingerprint density at radius 3 is 2.44 bits per heavy atom. The Morgan fingerprint density at radius 1 is 1.12 bits per heavy atom. The van der Waals surface area contributed by atoms with E-state index in [0.717, 1.165) is 17.2 Å². The minimum absolute atomic E-state index is 0.494. The molecule has 0 fully saturated rings. The van der Waals surface area contributed by atoms with Crippen LogP contribution in [0.5, 0.6) is 0 Å². The summed E-state index contributed by atoms with van der Waals surface area (Å²) in [6.07, 6.45) is 3.91. The average Bonchev–Trinajstić information content (AvgIpc) is 2.20. The fourth-order valence-corrected chi connectivity index (χ4v) is 1.61. The fourth-order valence-electron chi connectivity index (χ4n) is 1.61. The summed E-state index contributed by atoms with van der Waals surface area (Å²) < 4.78 is 26.0. The van der Waals surface area contributed by atoms with Gasteiger partial charge in [0.1, 0.15) is 11.6 Å². The number of nitrogens with zero attached hydrogens (tertiary/aromatic N) is 1. The Hall–Kier alpha value is -1.77. The van der Waals surface area contributed by atoms with Gasteiger partial charge in [0.15, 0.2) is 0 Å². The number of benzene rings is 1. The summed E-state index contributed by atoms with van der Waals surface area (Å²) in [4.78, 5) is 4.00. The first-order chi connectivity index (χ1) is 7.65. The average molecular weight is 219 g/mol. The van der Waals surface area contributed by atoms with Gasteiger partial charge in [0.2, 0.25) is 0 Å². The molecule has 3 heteroatoms. The molecule has 0 aliphatic heterocycles. The zero-order valence-electron chi connectivity index (χ0n) is 8.87. The maximum Gasteiger partial charge on any atom is 0.126 e. The zero-order chi connectivity index (χ0) is 11.5. The quantitative estimate of drug-likeness (QED) is 0.755. The topological polar surface area (TPSA) is 12.9 Å². The monoisotopic (exact) mass is 219 g/mol. The molecule has 2 rings (SSSR count). The van der Waals surface area contributed by atoms with Crippen molar-refractivity contribution < 1.29 is 8.78 Å². The van der Waals surface area contributed by atoms with Gasteiger partial charge in [-0.25, -0.2) is 8.78 Å². The molecular formula is C13H11F2N. The van der Waals surface area contributed by atoms with Crippen LogP contribution >= 0.6 is 0 Å². The maximum atomic E-state index is 13.0. The molecule has 0 aliphatic rings. The molecule has 2 aromatic rings. The Balaban J connectivity index is 2.30. The van der Waals surface area contributed by atoms with E-state index in [1.165, 1.54) is 12.1 Å². The molecule has 0 amide bonds. The van der Waals surface area contributed by atoms with Crippen molar-refractivity contribution in [3.05, 3.63) is 65.0 Å². The van der Waals surface area contributed by atoms with Gasteiger partial charge in [-0.1, -0.05) is 0 Å². The molecule has 0 atom stereocenters. The molecule has 0 saturated heterocycles. The smallest absolute Gasteiger partial charge is 0.126 e. The molecule has 0 unspecified atom stereocenters. The first kappa shape index (κ1) is 10.7. The number of hydrogen-bond acceptors (Lipinski definition) is 1. The third-order valence-electron chi connectivity index (χ3n) is 2.46.